The van der Waals surface area contributed by atoms with E-state index in [0.29, 0.717) is 17.4 Å². The molecule has 1 N–H and O–H groups in total. The maximum Gasteiger partial charge on any atom is 0.194 e. The first-order valence-corrected chi connectivity index (χ1v) is 8.95. The van der Waals surface area contributed by atoms with Crippen LogP contribution < -0.4 is 5.32 Å². The SMILES string of the molecule is CCNC(=NCc1ccc(C#N)cc1)N1CCSC(CC)C1. The number of nitriles is 1. The highest BCUT2D eigenvalue weighted by atomic mass is 32.2. The minimum Gasteiger partial charge on any atom is -0.357 e. The number of rotatable bonds is 4. The second kappa shape index (κ2) is 8.70. The molecule has 0 aromatic heterocycles. The number of nitrogens with one attached hydrogen (secondary N) is 1. The van der Waals surface area contributed by atoms with Gasteiger partial charge in [0.05, 0.1) is 18.2 Å². The van der Waals surface area contributed by atoms with Crippen molar-refractivity contribution in [2.24, 2.45) is 4.99 Å². The normalized spacial score (nSPS) is 18.9. The lowest BCUT2D eigenvalue weighted by molar-refractivity contribution is 0.408. The smallest absolute Gasteiger partial charge is 0.194 e. The second-order valence-electron chi connectivity index (χ2n) is 5.33. The molecule has 0 spiro atoms. The molecule has 1 aromatic rings. The molecular weight excluding hydrogens is 292 g/mol. The molecular formula is C17H24N4S. The van der Waals surface area contributed by atoms with Crippen LogP contribution in [0.15, 0.2) is 29.3 Å². The summed E-state index contributed by atoms with van der Waals surface area (Å²) in [4.78, 5) is 7.14. The summed E-state index contributed by atoms with van der Waals surface area (Å²) in [7, 11) is 0. The molecule has 0 aliphatic carbocycles. The van der Waals surface area contributed by atoms with Crippen LogP contribution in [0.3, 0.4) is 0 Å². The van der Waals surface area contributed by atoms with Crippen molar-refractivity contribution < 1.29 is 0 Å². The minimum absolute atomic E-state index is 0.647. The maximum absolute atomic E-state index is 8.84. The van der Waals surface area contributed by atoms with Crippen LogP contribution in [0.4, 0.5) is 0 Å². The van der Waals surface area contributed by atoms with E-state index in [9.17, 15) is 0 Å². The van der Waals surface area contributed by atoms with E-state index in [1.54, 1.807) is 0 Å². The Labute approximate surface area is 137 Å². The van der Waals surface area contributed by atoms with E-state index in [0.717, 1.165) is 31.2 Å². The van der Waals surface area contributed by atoms with Gasteiger partial charge < -0.3 is 10.2 Å². The summed E-state index contributed by atoms with van der Waals surface area (Å²) in [6.45, 7) is 8.01. The molecule has 4 nitrogen and oxygen atoms in total. The Hall–Kier alpha value is -1.67. The third kappa shape index (κ3) is 4.67. The van der Waals surface area contributed by atoms with Gasteiger partial charge in [0, 0.05) is 30.6 Å². The highest BCUT2D eigenvalue weighted by molar-refractivity contribution is 8.00. The Morgan fingerprint density at radius 3 is 2.82 bits per heavy atom. The van der Waals surface area contributed by atoms with Gasteiger partial charge in [-0.1, -0.05) is 19.1 Å². The first kappa shape index (κ1) is 16.7. The summed E-state index contributed by atoms with van der Waals surface area (Å²) >= 11 is 2.07. The van der Waals surface area contributed by atoms with E-state index in [2.05, 4.69) is 41.9 Å². The van der Waals surface area contributed by atoms with Gasteiger partial charge in [0.1, 0.15) is 0 Å². The third-order valence-electron chi connectivity index (χ3n) is 3.72. The Bertz CT molecular complexity index is 533. The zero-order valence-corrected chi connectivity index (χ0v) is 14.2. The van der Waals surface area contributed by atoms with Crippen molar-refractivity contribution in [2.45, 2.75) is 32.1 Å². The number of nitrogens with zero attached hydrogens (tertiary/aromatic N) is 3. The molecule has 2 rings (SSSR count). The number of thioether (sulfide) groups is 1. The lowest BCUT2D eigenvalue weighted by Gasteiger charge is -2.34. The fraction of sp³-hybridized carbons (Fsp3) is 0.529. The fourth-order valence-corrected chi connectivity index (χ4v) is 3.62. The number of aliphatic imine (C=N–C) groups is 1. The highest BCUT2D eigenvalue weighted by Crippen LogP contribution is 2.21. The molecule has 0 radical (unpaired) electrons. The van der Waals surface area contributed by atoms with E-state index in [1.807, 2.05) is 24.3 Å². The monoisotopic (exact) mass is 316 g/mol. The average Bonchev–Trinajstić information content (AvgIpc) is 2.59. The van der Waals surface area contributed by atoms with Gasteiger partial charge in [-0.25, -0.2) is 4.99 Å². The molecule has 0 bridgehead atoms. The largest absolute Gasteiger partial charge is 0.357 e. The predicted molar refractivity (Wildman–Crippen MR) is 94.1 cm³/mol. The summed E-state index contributed by atoms with van der Waals surface area (Å²) in [6.07, 6.45) is 1.20. The minimum atomic E-state index is 0.647. The average molecular weight is 316 g/mol. The zero-order chi connectivity index (χ0) is 15.8. The van der Waals surface area contributed by atoms with Crippen LogP contribution in [0.1, 0.15) is 31.4 Å². The van der Waals surface area contributed by atoms with Gasteiger partial charge in [-0.2, -0.15) is 17.0 Å². The highest BCUT2D eigenvalue weighted by Gasteiger charge is 2.21. The van der Waals surface area contributed by atoms with Crippen LogP contribution in [0, 0.1) is 11.3 Å². The van der Waals surface area contributed by atoms with Crippen LogP contribution in [0.5, 0.6) is 0 Å². The fourth-order valence-electron chi connectivity index (χ4n) is 2.44. The topological polar surface area (TPSA) is 51.4 Å². The maximum atomic E-state index is 8.84. The van der Waals surface area contributed by atoms with Crippen LogP contribution in [0.2, 0.25) is 0 Å². The Morgan fingerprint density at radius 2 is 2.18 bits per heavy atom. The van der Waals surface area contributed by atoms with Crippen molar-refractivity contribution in [3.63, 3.8) is 0 Å². The van der Waals surface area contributed by atoms with Gasteiger partial charge in [-0.15, -0.1) is 0 Å². The molecule has 1 unspecified atom stereocenters. The van der Waals surface area contributed by atoms with Crippen LogP contribution in [0.25, 0.3) is 0 Å². The van der Waals surface area contributed by atoms with E-state index < -0.39 is 0 Å². The molecule has 22 heavy (non-hydrogen) atoms. The first-order chi connectivity index (χ1) is 10.8. The number of hydrogen-bond acceptors (Lipinski definition) is 3. The summed E-state index contributed by atoms with van der Waals surface area (Å²) in [6, 6.07) is 9.80. The molecule has 118 valence electrons. The summed E-state index contributed by atoms with van der Waals surface area (Å²) < 4.78 is 0. The molecule has 0 saturated carbocycles. The van der Waals surface area contributed by atoms with Crippen molar-refractivity contribution in [1.82, 2.24) is 10.2 Å². The van der Waals surface area contributed by atoms with Gasteiger partial charge in [0.15, 0.2) is 5.96 Å². The van der Waals surface area contributed by atoms with Crippen molar-refractivity contribution in [1.29, 1.82) is 5.26 Å². The number of guanidine groups is 1. The Balaban J connectivity index is 2.04. The van der Waals surface area contributed by atoms with Crippen molar-refractivity contribution in [2.75, 3.05) is 25.4 Å². The van der Waals surface area contributed by atoms with Gasteiger partial charge in [-0.05, 0) is 31.0 Å². The molecule has 1 heterocycles. The van der Waals surface area contributed by atoms with Crippen LogP contribution >= 0.6 is 11.8 Å². The van der Waals surface area contributed by atoms with E-state index in [1.165, 1.54) is 12.2 Å². The summed E-state index contributed by atoms with van der Waals surface area (Å²) in [5.74, 6) is 2.17. The quantitative estimate of drug-likeness (QED) is 0.685. The molecule has 5 heteroatoms. The van der Waals surface area contributed by atoms with Gasteiger partial charge in [-0.3, -0.25) is 0 Å². The van der Waals surface area contributed by atoms with Crippen molar-refractivity contribution >= 4 is 17.7 Å². The molecule has 1 aromatic carbocycles. The Morgan fingerprint density at radius 1 is 1.41 bits per heavy atom. The molecule has 1 saturated heterocycles. The molecule has 0 amide bonds. The lowest BCUT2D eigenvalue weighted by atomic mass is 10.1. The molecule has 1 aliphatic heterocycles. The van der Waals surface area contributed by atoms with Crippen LogP contribution in [-0.2, 0) is 6.54 Å². The zero-order valence-electron chi connectivity index (χ0n) is 13.4. The van der Waals surface area contributed by atoms with Gasteiger partial charge in [0.25, 0.3) is 0 Å². The van der Waals surface area contributed by atoms with Crippen LogP contribution in [-0.4, -0.2) is 41.5 Å². The van der Waals surface area contributed by atoms with Crippen molar-refractivity contribution in [3.05, 3.63) is 35.4 Å². The summed E-state index contributed by atoms with van der Waals surface area (Å²) in [5, 5.41) is 12.9. The first-order valence-electron chi connectivity index (χ1n) is 7.90. The molecule has 1 fully saturated rings. The number of hydrogen-bond donors (Lipinski definition) is 1. The van der Waals surface area contributed by atoms with Gasteiger partial charge in [0.2, 0.25) is 0 Å². The lowest BCUT2D eigenvalue weighted by Crippen LogP contribution is -2.48. The molecule has 1 aliphatic rings. The van der Waals surface area contributed by atoms with E-state index in [-0.39, 0.29) is 0 Å². The van der Waals surface area contributed by atoms with E-state index in [4.69, 9.17) is 10.3 Å². The van der Waals surface area contributed by atoms with E-state index >= 15 is 0 Å². The van der Waals surface area contributed by atoms with Crippen molar-refractivity contribution in [3.8, 4) is 6.07 Å². The molecule has 1 atom stereocenters. The summed E-state index contributed by atoms with van der Waals surface area (Å²) in [5.41, 5.74) is 1.83. The standard InChI is InChI=1S/C17H24N4S/c1-3-16-13-21(9-10-22-16)17(19-4-2)20-12-15-7-5-14(11-18)6-8-15/h5-8,16H,3-4,9-10,12-13H2,1-2H3,(H,19,20). The number of benzene rings is 1. The second-order valence-corrected chi connectivity index (χ2v) is 6.73. The third-order valence-corrected chi connectivity index (χ3v) is 5.10. The van der Waals surface area contributed by atoms with Gasteiger partial charge >= 0.3 is 0 Å². The Kier molecular flexibility index (Phi) is 6.60. The predicted octanol–water partition coefficient (Wildman–Crippen LogP) is 2.85.